The molecule has 1 saturated carbocycles. The van der Waals surface area contributed by atoms with Crippen LogP contribution < -0.4 is 11.3 Å². The van der Waals surface area contributed by atoms with Gasteiger partial charge in [0.1, 0.15) is 6.10 Å². The van der Waals surface area contributed by atoms with Crippen LogP contribution in [0.2, 0.25) is 0 Å². The van der Waals surface area contributed by atoms with Gasteiger partial charge in [-0.25, -0.2) is 4.98 Å². The molecule has 4 rings (SSSR count). The standard InChI is InChI=1S/C13H17N5O4/c14-12-16-10-8(11(21)17-12)15-5-18(10)13-3-1-2-6(13)9(20)7(4-19)22-13/h5-7,9,19-20H,1-4H2,(H3,14,16,17,21)/t6-,7-,9+,13-/m1/s1. The molecule has 0 unspecified atom stereocenters. The quantitative estimate of drug-likeness (QED) is 0.552. The predicted molar refractivity (Wildman–Crippen MR) is 75.8 cm³/mol. The second-order valence-corrected chi connectivity index (χ2v) is 5.91. The van der Waals surface area contributed by atoms with Crippen molar-refractivity contribution >= 4 is 17.1 Å². The number of nitrogens with zero attached hydrogens (tertiary/aromatic N) is 3. The minimum absolute atomic E-state index is 0.00227. The van der Waals surface area contributed by atoms with Gasteiger partial charge in [0.25, 0.3) is 5.56 Å². The lowest BCUT2D eigenvalue weighted by atomic mass is 9.94. The summed E-state index contributed by atoms with van der Waals surface area (Å²) in [6.45, 7) is -0.262. The number of nitrogen functional groups attached to an aromatic ring is 1. The second kappa shape index (κ2) is 4.51. The number of aromatic nitrogens is 4. The van der Waals surface area contributed by atoms with Crippen LogP contribution in [-0.4, -0.2) is 48.5 Å². The summed E-state index contributed by atoms with van der Waals surface area (Å²) in [5.41, 5.74) is 4.89. The van der Waals surface area contributed by atoms with Crippen molar-refractivity contribution in [2.75, 3.05) is 12.3 Å². The number of imidazole rings is 1. The summed E-state index contributed by atoms with van der Waals surface area (Å²) in [5.74, 6) is -0.174. The molecule has 1 aliphatic carbocycles. The van der Waals surface area contributed by atoms with E-state index in [1.165, 1.54) is 6.33 Å². The first-order valence-corrected chi connectivity index (χ1v) is 7.27. The van der Waals surface area contributed by atoms with Gasteiger partial charge >= 0.3 is 0 Å². The SMILES string of the molecule is Nc1nc2c(ncn2[C@@]23CCC[C@@H]2[C@H](O)[C@@H](CO)O3)c(=O)[nH]1. The number of nitrogens with one attached hydrogen (secondary N) is 1. The van der Waals surface area contributed by atoms with Gasteiger partial charge in [-0.1, -0.05) is 0 Å². The van der Waals surface area contributed by atoms with E-state index in [-0.39, 0.29) is 24.0 Å². The number of H-pyrrole nitrogens is 1. The van der Waals surface area contributed by atoms with Gasteiger partial charge in [-0.15, -0.1) is 0 Å². The van der Waals surface area contributed by atoms with E-state index in [9.17, 15) is 15.0 Å². The van der Waals surface area contributed by atoms with Crippen molar-refractivity contribution < 1.29 is 14.9 Å². The molecule has 5 N–H and O–H groups in total. The van der Waals surface area contributed by atoms with E-state index in [0.717, 1.165) is 12.8 Å². The highest BCUT2D eigenvalue weighted by molar-refractivity contribution is 5.70. The maximum Gasteiger partial charge on any atom is 0.280 e. The first-order valence-electron chi connectivity index (χ1n) is 7.27. The summed E-state index contributed by atoms with van der Waals surface area (Å²) < 4.78 is 7.68. The van der Waals surface area contributed by atoms with Crippen molar-refractivity contribution in [1.29, 1.82) is 0 Å². The molecule has 0 bridgehead atoms. The number of aliphatic hydroxyl groups excluding tert-OH is 2. The number of anilines is 1. The highest BCUT2D eigenvalue weighted by Gasteiger charge is 2.58. The summed E-state index contributed by atoms with van der Waals surface area (Å²) in [4.78, 5) is 22.6. The average Bonchev–Trinajstić information content (AvgIpc) is 3.13. The van der Waals surface area contributed by atoms with E-state index in [2.05, 4.69) is 15.0 Å². The number of aromatic amines is 1. The number of aliphatic hydroxyl groups is 2. The van der Waals surface area contributed by atoms with E-state index >= 15 is 0 Å². The molecule has 1 saturated heterocycles. The zero-order valence-electron chi connectivity index (χ0n) is 11.8. The molecular formula is C13H17N5O4. The maximum absolute atomic E-state index is 11.9. The fraction of sp³-hybridized carbons (Fsp3) is 0.615. The van der Waals surface area contributed by atoms with E-state index in [1.807, 2.05) is 0 Å². The summed E-state index contributed by atoms with van der Waals surface area (Å²) >= 11 is 0. The predicted octanol–water partition coefficient (Wildman–Crippen LogP) is -1.09. The monoisotopic (exact) mass is 307 g/mol. The molecule has 2 aliphatic rings. The molecule has 3 heterocycles. The molecule has 9 heteroatoms. The molecule has 1 aliphatic heterocycles. The second-order valence-electron chi connectivity index (χ2n) is 5.91. The van der Waals surface area contributed by atoms with Crippen LogP contribution in [0.25, 0.3) is 11.2 Å². The van der Waals surface area contributed by atoms with Gasteiger partial charge in [-0.3, -0.25) is 14.3 Å². The molecule has 9 nitrogen and oxygen atoms in total. The van der Waals surface area contributed by atoms with E-state index < -0.39 is 23.5 Å². The molecular weight excluding hydrogens is 290 g/mol. The Kier molecular flexibility index (Phi) is 2.80. The number of nitrogens with two attached hydrogens (primary N) is 1. The molecule has 2 fully saturated rings. The van der Waals surface area contributed by atoms with Crippen LogP contribution in [0, 0.1) is 5.92 Å². The fourth-order valence-corrected chi connectivity index (χ4v) is 3.87. The largest absolute Gasteiger partial charge is 0.394 e. The molecule has 118 valence electrons. The van der Waals surface area contributed by atoms with Crippen LogP contribution in [0.5, 0.6) is 0 Å². The minimum atomic E-state index is -0.838. The van der Waals surface area contributed by atoms with E-state index in [4.69, 9.17) is 10.5 Å². The molecule has 2 aromatic rings. The van der Waals surface area contributed by atoms with Crippen molar-refractivity contribution in [3.63, 3.8) is 0 Å². The molecule has 0 aromatic carbocycles. The number of ether oxygens (including phenoxy) is 1. The third kappa shape index (κ3) is 1.61. The molecule has 4 atom stereocenters. The lowest BCUT2D eigenvalue weighted by molar-refractivity contribution is -0.120. The summed E-state index contributed by atoms with van der Waals surface area (Å²) in [6.07, 6.45) is 2.39. The first-order chi connectivity index (χ1) is 10.6. The Labute approximate surface area is 124 Å². The summed E-state index contributed by atoms with van der Waals surface area (Å²) in [7, 11) is 0. The third-order valence-corrected chi connectivity index (χ3v) is 4.79. The highest BCUT2D eigenvalue weighted by atomic mass is 16.6. The van der Waals surface area contributed by atoms with Gasteiger partial charge in [0.05, 0.1) is 19.0 Å². The smallest absolute Gasteiger partial charge is 0.280 e. The minimum Gasteiger partial charge on any atom is -0.394 e. The Balaban J connectivity index is 1.92. The zero-order valence-corrected chi connectivity index (χ0v) is 11.8. The summed E-state index contributed by atoms with van der Waals surface area (Å²) in [6, 6.07) is 0. The molecule has 2 aromatic heterocycles. The Morgan fingerprint density at radius 2 is 2.41 bits per heavy atom. The van der Waals surface area contributed by atoms with E-state index in [0.29, 0.717) is 12.1 Å². The van der Waals surface area contributed by atoms with Crippen molar-refractivity contribution in [1.82, 2.24) is 19.5 Å². The summed E-state index contributed by atoms with van der Waals surface area (Å²) in [5, 5.41) is 19.8. The van der Waals surface area contributed by atoms with Crippen LogP contribution in [0.3, 0.4) is 0 Å². The topological polar surface area (TPSA) is 139 Å². The van der Waals surface area contributed by atoms with Gasteiger partial charge in [0.2, 0.25) is 5.95 Å². The average molecular weight is 307 g/mol. The van der Waals surface area contributed by atoms with Gasteiger partial charge in [-0.05, 0) is 19.3 Å². The number of hydrogen-bond donors (Lipinski definition) is 4. The lowest BCUT2D eigenvalue weighted by Crippen LogP contribution is -2.37. The van der Waals surface area contributed by atoms with Gasteiger partial charge in [0, 0.05) is 5.92 Å². The van der Waals surface area contributed by atoms with Crippen LogP contribution in [0.1, 0.15) is 19.3 Å². The molecule has 0 spiro atoms. The fourth-order valence-electron chi connectivity index (χ4n) is 3.87. The Morgan fingerprint density at radius 1 is 1.59 bits per heavy atom. The Morgan fingerprint density at radius 3 is 3.18 bits per heavy atom. The third-order valence-electron chi connectivity index (χ3n) is 4.79. The van der Waals surface area contributed by atoms with Crippen molar-refractivity contribution in [3.8, 4) is 0 Å². The lowest BCUT2D eigenvalue weighted by Gasteiger charge is -2.30. The Bertz CT molecular complexity index is 786. The molecule has 0 amide bonds. The van der Waals surface area contributed by atoms with Crippen molar-refractivity contribution in [2.45, 2.75) is 37.2 Å². The van der Waals surface area contributed by atoms with Crippen LogP contribution in [0.15, 0.2) is 11.1 Å². The highest BCUT2D eigenvalue weighted by Crippen LogP contribution is 2.51. The van der Waals surface area contributed by atoms with Crippen LogP contribution in [0.4, 0.5) is 5.95 Å². The number of hydrogen-bond acceptors (Lipinski definition) is 7. The first kappa shape index (κ1) is 13.7. The zero-order chi connectivity index (χ0) is 15.5. The van der Waals surface area contributed by atoms with Crippen LogP contribution >= 0.6 is 0 Å². The van der Waals surface area contributed by atoms with Crippen LogP contribution in [-0.2, 0) is 10.5 Å². The Hall–Kier alpha value is -1.97. The van der Waals surface area contributed by atoms with Gasteiger partial charge in [-0.2, -0.15) is 4.98 Å². The van der Waals surface area contributed by atoms with Crippen molar-refractivity contribution in [3.05, 3.63) is 16.7 Å². The van der Waals surface area contributed by atoms with E-state index in [1.54, 1.807) is 4.57 Å². The molecule has 22 heavy (non-hydrogen) atoms. The normalized spacial score (nSPS) is 34.4. The number of fused-ring (bicyclic) bond motifs is 2. The molecule has 0 radical (unpaired) electrons. The maximum atomic E-state index is 11.9. The van der Waals surface area contributed by atoms with Crippen molar-refractivity contribution in [2.24, 2.45) is 5.92 Å². The number of rotatable bonds is 2. The van der Waals surface area contributed by atoms with Gasteiger partial charge < -0.3 is 20.7 Å². The van der Waals surface area contributed by atoms with Gasteiger partial charge in [0.15, 0.2) is 16.9 Å².